The van der Waals surface area contributed by atoms with Gasteiger partial charge in [0.05, 0.1) is 33.5 Å². The second-order valence-corrected chi connectivity index (χ2v) is 6.27. The Bertz CT molecular complexity index is 560. The van der Waals surface area contributed by atoms with Crippen molar-refractivity contribution in [2.75, 3.05) is 53.1 Å². The van der Waals surface area contributed by atoms with E-state index in [2.05, 4.69) is 22.1 Å². The van der Waals surface area contributed by atoms with Gasteiger partial charge in [0.1, 0.15) is 0 Å². The molecule has 0 amide bonds. The van der Waals surface area contributed by atoms with E-state index >= 15 is 0 Å². The number of aliphatic imine (C=N–C) groups is 1. The first-order chi connectivity index (χ1) is 12.7. The molecular formula is C19H32N4O3. The second kappa shape index (κ2) is 11.6. The van der Waals surface area contributed by atoms with Gasteiger partial charge in [0.2, 0.25) is 0 Å². The van der Waals surface area contributed by atoms with Gasteiger partial charge in [-0.25, -0.2) is 4.99 Å². The minimum absolute atomic E-state index is 0.470. The van der Waals surface area contributed by atoms with E-state index in [1.807, 2.05) is 18.2 Å². The third-order valence-corrected chi connectivity index (χ3v) is 4.18. The summed E-state index contributed by atoms with van der Waals surface area (Å²) >= 11 is 0. The number of guanidine groups is 1. The van der Waals surface area contributed by atoms with Crippen LogP contribution in [0.25, 0.3) is 0 Å². The van der Waals surface area contributed by atoms with Gasteiger partial charge < -0.3 is 25.3 Å². The molecule has 0 saturated carbocycles. The third-order valence-electron chi connectivity index (χ3n) is 4.18. The van der Waals surface area contributed by atoms with Gasteiger partial charge in [0.25, 0.3) is 0 Å². The fourth-order valence-electron chi connectivity index (χ4n) is 2.72. The second-order valence-electron chi connectivity index (χ2n) is 6.27. The van der Waals surface area contributed by atoms with Crippen molar-refractivity contribution in [1.29, 1.82) is 0 Å². The zero-order valence-electron chi connectivity index (χ0n) is 16.0. The molecule has 1 aromatic carbocycles. The van der Waals surface area contributed by atoms with Crippen LogP contribution < -0.4 is 20.5 Å². The lowest BCUT2D eigenvalue weighted by Gasteiger charge is -2.26. The number of methoxy groups -OCH3 is 1. The minimum atomic E-state index is 0.470. The number of hydrogen-bond acceptors (Lipinski definition) is 5. The van der Waals surface area contributed by atoms with Gasteiger partial charge in [-0.3, -0.25) is 4.90 Å². The third kappa shape index (κ3) is 7.09. The molecule has 1 aliphatic rings. The lowest BCUT2D eigenvalue weighted by Crippen LogP contribution is -2.39. The predicted molar refractivity (Wildman–Crippen MR) is 104 cm³/mol. The number of nitrogens with two attached hydrogens (primary N) is 1. The van der Waals surface area contributed by atoms with E-state index in [0.29, 0.717) is 19.1 Å². The average Bonchev–Trinajstić information content (AvgIpc) is 2.69. The van der Waals surface area contributed by atoms with Crippen molar-refractivity contribution in [2.24, 2.45) is 10.7 Å². The van der Waals surface area contributed by atoms with E-state index < -0.39 is 0 Å². The van der Waals surface area contributed by atoms with E-state index in [1.165, 1.54) is 0 Å². The Kier molecular flexibility index (Phi) is 9.06. The largest absolute Gasteiger partial charge is 0.493 e. The van der Waals surface area contributed by atoms with Crippen LogP contribution in [0.4, 0.5) is 0 Å². The highest BCUT2D eigenvalue weighted by molar-refractivity contribution is 5.77. The van der Waals surface area contributed by atoms with Crippen LogP contribution in [0.5, 0.6) is 11.5 Å². The Labute approximate surface area is 156 Å². The summed E-state index contributed by atoms with van der Waals surface area (Å²) in [6.07, 6.45) is 2.00. The van der Waals surface area contributed by atoms with Crippen LogP contribution in [0.15, 0.2) is 23.2 Å². The molecule has 1 heterocycles. The number of nitrogens with one attached hydrogen (secondary N) is 1. The van der Waals surface area contributed by atoms with Gasteiger partial charge in [-0.15, -0.1) is 0 Å². The van der Waals surface area contributed by atoms with Gasteiger partial charge in [-0.2, -0.15) is 0 Å². The van der Waals surface area contributed by atoms with E-state index in [9.17, 15) is 0 Å². The van der Waals surface area contributed by atoms with Crippen LogP contribution >= 0.6 is 0 Å². The molecule has 0 aliphatic carbocycles. The number of ether oxygens (including phenoxy) is 3. The zero-order valence-corrected chi connectivity index (χ0v) is 16.0. The molecule has 3 N–H and O–H groups in total. The number of benzene rings is 1. The molecule has 0 radical (unpaired) electrons. The maximum absolute atomic E-state index is 5.96. The van der Waals surface area contributed by atoms with Crippen molar-refractivity contribution >= 4 is 5.96 Å². The first-order valence-electron chi connectivity index (χ1n) is 9.36. The highest BCUT2D eigenvalue weighted by atomic mass is 16.5. The van der Waals surface area contributed by atoms with Crippen molar-refractivity contribution in [3.05, 3.63) is 23.8 Å². The molecule has 7 nitrogen and oxygen atoms in total. The Balaban J connectivity index is 1.73. The summed E-state index contributed by atoms with van der Waals surface area (Å²) in [6.45, 7) is 8.84. The molecule has 1 aromatic rings. The molecule has 1 aliphatic heterocycles. The van der Waals surface area contributed by atoms with Crippen LogP contribution in [-0.2, 0) is 11.3 Å². The number of rotatable bonds is 10. The molecule has 0 unspecified atom stereocenters. The molecule has 0 spiro atoms. The van der Waals surface area contributed by atoms with Crippen LogP contribution in [-0.4, -0.2) is 64.0 Å². The molecule has 7 heteroatoms. The molecule has 0 bridgehead atoms. The van der Waals surface area contributed by atoms with Crippen molar-refractivity contribution in [3.8, 4) is 11.5 Å². The summed E-state index contributed by atoms with van der Waals surface area (Å²) < 4.78 is 16.4. The zero-order chi connectivity index (χ0) is 18.6. The van der Waals surface area contributed by atoms with E-state index in [4.69, 9.17) is 19.9 Å². The Morgan fingerprint density at radius 3 is 2.85 bits per heavy atom. The molecule has 2 rings (SSSR count). The van der Waals surface area contributed by atoms with Crippen molar-refractivity contribution in [2.45, 2.75) is 26.3 Å². The first-order valence-corrected chi connectivity index (χ1v) is 9.36. The first kappa shape index (κ1) is 20.3. The summed E-state index contributed by atoms with van der Waals surface area (Å²) in [5, 5.41) is 3.17. The Hall–Kier alpha value is -1.99. The molecule has 146 valence electrons. The highest BCUT2D eigenvalue weighted by Crippen LogP contribution is 2.28. The van der Waals surface area contributed by atoms with E-state index in [0.717, 1.165) is 69.3 Å². The minimum Gasteiger partial charge on any atom is -0.493 e. The molecule has 0 aromatic heterocycles. The standard InChI is InChI=1S/C19H32N4O3/c1-3-11-26-17-6-5-16(14-18(17)24-2)15-22-19(20)21-7-4-8-23-9-12-25-13-10-23/h5-6,14H,3-4,7-13,15H2,1-2H3,(H3,20,21,22). The van der Waals surface area contributed by atoms with Gasteiger partial charge in [-0.05, 0) is 37.1 Å². The van der Waals surface area contributed by atoms with Crippen molar-refractivity contribution < 1.29 is 14.2 Å². The fourth-order valence-corrected chi connectivity index (χ4v) is 2.72. The lowest BCUT2D eigenvalue weighted by atomic mass is 10.2. The van der Waals surface area contributed by atoms with Crippen molar-refractivity contribution in [1.82, 2.24) is 10.2 Å². The average molecular weight is 364 g/mol. The molecule has 1 fully saturated rings. The summed E-state index contributed by atoms with van der Waals surface area (Å²) in [5.41, 5.74) is 6.99. The molecule has 26 heavy (non-hydrogen) atoms. The van der Waals surface area contributed by atoms with Gasteiger partial charge in [-0.1, -0.05) is 13.0 Å². The van der Waals surface area contributed by atoms with Crippen LogP contribution in [0.2, 0.25) is 0 Å². The summed E-state index contributed by atoms with van der Waals surface area (Å²) in [7, 11) is 1.64. The summed E-state index contributed by atoms with van der Waals surface area (Å²) in [6, 6.07) is 5.86. The summed E-state index contributed by atoms with van der Waals surface area (Å²) in [5.74, 6) is 1.96. The smallest absolute Gasteiger partial charge is 0.188 e. The quantitative estimate of drug-likeness (QED) is 0.373. The number of morpholine rings is 1. The Morgan fingerprint density at radius 1 is 1.31 bits per heavy atom. The topological polar surface area (TPSA) is 81.3 Å². The highest BCUT2D eigenvalue weighted by Gasteiger charge is 2.09. The predicted octanol–water partition coefficient (Wildman–Crippen LogP) is 1.61. The van der Waals surface area contributed by atoms with Crippen LogP contribution in [0, 0.1) is 0 Å². The normalized spacial score (nSPS) is 15.7. The molecule has 1 saturated heterocycles. The van der Waals surface area contributed by atoms with Crippen LogP contribution in [0.3, 0.4) is 0 Å². The maximum atomic E-state index is 5.96. The van der Waals surface area contributed by atoms with Gasteiger partial charge in [0, 0.05) is 19.6 Å². The molecule has 0 atom stereocenters. The lowest BCUT2D eigenvalue weighted by molar-refractivity contribution is 0.0376. The Morgan fingerprint density at radius 2 is 2.12 bits per heavy atom. The van der Waals surface area contributed by atoms with E-state index in [1.54, 1.807) is 7.11 Å². The van der Waals surface area contributed by atoms with E-state index in [-0.39, 0.29) is 0 Å². The van der Waals surface area contributed by atoms with Gasteiger partial charge >= 0.3 is 0 Å². The van der Waals surface area contributed by atoms with Gasteiger partial charge in [0.15, 0.2) is 17.5 Å². The van der Waals surface area contributed by atoms with Crippen LogP contribution in [0.1, 0.15) is 25.3 Å². The monoisotopic (exact) mass is 364 g/mol. The summed E-state index contributed by atoms with van der Waals surface area (Å²) in [4.78, 5) is 6.81. The number of nitrogens with zero attached hydrogens (tertiary/aromatic N) is 2. The maximum Gasteiger partial charge on any atom is 0.188 e. The fraction of sp³-hybridized carbons (Fsp3) is 0.632. The van der Waals surface area contributed by atoms with Crippen molar-refractivity contribution in [3.63, 3.8) is 0 Å². The SMILES string of the molecule is CCCOc1ccc(CN=C(N)NCCCN2CCOCC2)cc1OC. The molecular weight excluding hydrogens is 332 g/mol. The number of hydrogen-bond donors (Lipinski definition) is 2.